The summed E-state index contributed by atoms with van der Waals surface area (Å²) in [5.41, 5.74) is 0.995. The Labute approximate surface area is 214 Å². The lowest BCUT2D eigenvalue weighted by Crippen LogP contribution is -2.36. The molecule has 0 aliphatic rings. The number of anilines is 1. The number of ether oxygens (including phenoxy) is 2. The molecule has 3 aromatic rings. The number of pyridine rings is 1. The number of aromatic nitrogens is 1. The average molecular weight is 522 g/mol. The van der Waals surface area contributed by atoms with E-state index in [1.807, 2.05) is 48.5 Å². The molecule has 35 heavy (non-hydrogen) atoms. The van der Waals surface area contributed by atoms with Crippen LogP contribution in [0, 0.1) is 6.92 Å². The Morgan fingerprint density at radius 1 is 1.17 bits per heavy atom. The number of rotatable bonds is 6. The third-order valence-electron chi connectivity index (χ3n) is 4.74. The van der Waals surface area contributed by atoms with Gasteiger partial charge in [-0.2, -0.15) is 0 Å². The van der Waals surface area contributed by atoms with E-state index in [0.717, 1.165) is 15.1 Å². The number of nitrogens with zero attached hydrogens (tertiary/aromatic N) is 2. The summed E-state index contributed by atoms with van der Waals surface area (Å²) in [6.45, 7) is 13.4. The number of hydrogen-bond donors (Lipinski definition) is 1. The van der Waals surface area contributed by atoms with E-state index in [1.54, 1.807) is 24.5 Å². The van der Waals surface area contributed by atoms with E-state index in [9.17, 15) is 9.59 Å². The molecule has 0 aliphatic heterocycles. The Bertz CT molecular complexity index is 1190. The molecule has 0 spiro atoms. The first-order chi connectivity index (χ1) is 16.2. The topological polar surface area (TPSA) is 93.9 Å². The van der Waals surface area contributed by atoms with Crippen LogP contribution in [0.15, 0.2) is 28.9 Å². The van der Waals surface area contributed by atoms with Crippen molar-refractivity contribution in [2.75, 3.05) is 11.4 Å². The van der Waals surface area contributed by atoms with Crippen LogP contribution in [0.2, 0.25) is 5.15 Å². The van der Waals surface area contributed by atoms with Crippen molar-refractivity contribution in [1.29, 1.82) is 0 Å². The molecule has 0 fully saturated rings. The van der Waals surface area contributed by atoms with E-state index in [0.29, 0.717) is 29.9 Å². The Morgan fingerprint density at radius 3 is 2.46 bits per heavy atom. The van der Waals surface area contributed by atoms with Gasteiger partial charge < -0.3 is 19.2 Å². The third kappa shape index (κ3) is 7.35. The SMILES string of the molecule is Cc1c(CCNC(=O)OC(C)(C)C)sc2c(N(Cc3ccco3)C(=O)OC(C)(C)C)cc(Cl)nc12. The highest BCUT2D eigenvalue weighted by Gasteiger charge is 2.28. The van der Waals surface area contributed by atoms with Crippen molar-refractivity contribution in [3.63, 3.8) is 0 Å². The van der Waals surface area contributed by atoms with Gasteiger partial charge in [0.05, 0.1) is 28.7 Å². The maximum absolute atomic E-state index is 13.2. The van der Waals surface area contributed by atoms with Gasteiger partial charge in [-0.3, -0.25) is 4.90 Å². The van der Waals surface area contributed by atoms with Crippen LogP contribution in [0.3, 0.4) is 0 Å². The van der Waals surface area contributed by atoms with E-state index in [-0.39, 0.29) is 11.7 Å². The first kappa shape index (κ1) is 26.8. The third-order valence-corrected chi connectivity index (χ3v) is 6.30. The second-order valence-electron chi connectivity index (χ2n) is 10.1. The number of alkyl carbamates (subject to hydrolysis) is 1. The highest BCUT2D eigenvalue weighted by atomic mass is 35.5. The largest absolute Gasteiger partial charge is 0.467 e. The van der Waals surface area contributed by atoms with Crippen LogP contribution in [0.25, 0.3) is 10.2 Å². The zero-order valence-electron chi connectivity index (χ0n) is 21.2. The Kier molecular flexibility index (Phi) is 8.01. The molecule has 0 bridgehead atoms. The van der Waals surface area contributed by atoms with Gasteiger partial charge in [-0.15, -0.1) is 11.3 Å². The molecule has 10 heteroatoms. The normalized spacial score (nSPS) is 12.0. The maximum atomic E-state index is 13.2. The van der Waals surface area contributed by atoms with E-state index >= 15 is 0 Å². The molecule has 0 atom stereocenters. The van der Waals surface area contributed by atoms with Gasteiger partial charge in [-0.1, -0.05) is 11.6 Å². The number of carbonyl (C=O) groups excluding carboxylic acids is 2. The van der Waals surface area contributed by atoms with E-state index in [1.165, 1.54) is 16.2 Å². The molecule has 2 amide bonds. The Hall–Kier alpha value is -2.78. The summed E-state index contributed by atoms with van der Waals surface area (Å²) in [5.74, 6) is 0.604. The molecule has 0 aliphatic carbocycles. The van der Waals surface area contributed by atoms with Crippen LogP contribution < -0.4 is 10.2 Å². The van der Waals surface area contributed by atoms with Gasteiger partial charge in [-0.05, 0) is 72.6 Å². The van der Waals surface area contributed by atoms with E-state index in [2.05, 4.69) is 10.3 Å². The minimum Gasteiger partial charge on any atom is -0.467 e. The molecule has 0 saturated carbocycles. The number of hydrogen-bond acceptors (Lipinski definition) is 7. The monoisotopic (exact) mass is 521 g/mol. The zero-order valence-corrected chi connectivity index (χ0v) is 22.7. The van der Waals surface area contributed by atoms with Crippen molar-refractivity contribution in [2.45, 2.75) is 72.6 Å². The quantitative estimate of drug-likeness (QED) is 0.356. The number of fused-ring (bicyclic) bond motifs is 1. The zero-order chi connectivity index (χ0) is 26.0. The molecular weight excluding hydrogens is 490 g/mol. The van der Waals surface area contributed by atoms with Gasteiger partial charge in [0.1, 0.15) is 22.1 Å². The van der Waals surface area contributed by atoms with Crippen LogP contribution in [-0.2, 0) is 22.4 Å². The van der Waals surface area contributed by atoms with Gasteiger partial charge >= 0.3 is 12.2 Å². The van der Waals surface area contributed by atoms with Crippen molar-refractivity contribution in [2.24, 2.45) is 0 Å². The average Bonchev–Trinajstić information content (AvgIpc) is 3.32. The minimum atomic E-state index is -0.682. The van der Waals surface area contributed by atoms with Crippen LogP contribution in [0.1, 0.15) is 57.7 Å². The molecule has 0 saturated heterocycles. The fraction of sp³-hybridized carbons (Fsp3) is 0.480. The van der Waals surface area contributed by atoms with Crippen molar-refractivity contribution in [3.05, 3.63) is 45.8 Å². The molecule has 8 nitrogen and oxygen atoms in total. The molecule has 3 heterocycles. The second-order valence-corrected chi connectivity index (χ2v) is 11.6. The van der Waals surface area contributed by atoms with Crippen LogP contribution in [0.5, 0.6) is 0 Å². The molecule has 1 N–H and O–H groups in total. The second kappa shape index (κ2) is 10.5. The van der Waals surface area contributed by atoms with E-state index < -0.39 is 23.4 Å². The van der Waals surface area contributed by atoms with Crippen molar-refractivity contribution in [1.82, 2.24) is 10.3 Å². The van der Waals surface area contributed by atoms with Crippen molar-refractivity contribution in [3.8, 4) is 0 Å². The predicted octanol–water partition coefficient (Wildman–Crippen LogP) is 6.86. The predicted molar refractivity (Wildman–Crippen MR) is 138 cm³/mol. The first-order valence-electron chi connectivity index (χ1n) is 11.3. The summed E-state index contributed by atoms with van der Waals surface area (Å²) in [7, 11) is 0. The lowest BCUT2D eigenvalue weighted by molar-refractivity contribution is 0.0526. The molecule has 0 aromatic carbocycles. The summed E-state index contributed by atoms with van der Waals surface area (Å²) in [6.07, 6.45) is 1.15. The smallest absolute Gasteiger partial charge is 0.415 e. The van der Waals surface area contributed by atoms with Crippen molar-refractivity contribution >= 4 is 51.0 Å². The molecule has 3 rings (SSSR count). The van der Waals surface area contributed by atoms with Gasteiger partial charge in [0.15, 0.2) is 0 Å². The van der Waals surface area contributed by atoms with Gasteiger partial charge in [0, 0.05) is 17.5 Å². The summed E-state index contributed by atoms with van der Waals surface area (Å²) >= 11 is 7.90. The fourth-order valence-electron chi connectivity index (χ4n) is 3.33. The molecule has 0 radical (unpaired) electrons. The maximum Gasteiger partial charge on any atom is 0.415 e. The van der Waals surface area contributed by atoms with E-state index in [4.69, 9.17) is 25.5 Å². The van der Waals surface area contributed by atoms with Crippen LogP contribution in [-0.4, -0.2) is 34.9 Å². The number of aryl methyl sites for hydroxylation is 1. The standard InChI is InChI=1S/C25H32ClN3O5S/c1-15-18(10-11-27-22(30)33-24(2,3)4)35-21-17(13-19(26)28-20(15)21)29(14-16-9-8-12-32-16)23(31)34-25(5,6)7/h8-9,12-13H,10-11,14H2,1-7H3,(H,27,30). The number of nitrogens with one attached hydrogen (secondary N) is 1. The number of furan rings is 1. The number of carbonyl (C=O) groups is 2. The van der Waals surface area contributed by atoms with Crippen molar-refractivity contribution < 1.29 is 23.5 Å². The lowest BCUT2D eigenvalue weighted by atomic mass is 10.2. The minimum absolute atomic E-state index is 0.170. The first-order valence-corrected chi connectivity index (χ1v) is 12.5. The van der Waals surface area contributed by atoms with Crippen LogP contribution >= 0.6 is 22.9 Å². The number of thiophene rings is 1. The number of halogens is 1. The molecular formula is C25H32ClN3O5S. The molecule has 0 unspecified atom stereocenters. The van der Waals surface area contributed by atoms with Crippen LogP contribution in [0.4, 0.5) is 15.3 Å². The van der Waals surface area contributed by atoms with Gasteiger partial charge in [0.25, 0.3) is 0 Å². The van der Waals surface area contributed by atoms with Gasteiger partial charge in [0.2, 0.25) is 0 Å². The fourth-order valence-corrected chi connectivity index (χ4v) is 4.79. The highest BCUT2D eigenvalue weighted by Crippen LogP contribution is 2.39. The summed E-state index contributed by atoms with van der Waals surface area (Å²) in [6, 6.07) is 5.23. The summed E-state index contributed by atoms with van der Waals surface area (Å²) in [5, 5.41) is 3.05. The number of amides is 2. The summed E-state index contributed by atoms with van der Waals surface area (Å²) in [4.78, 5) is 32.3. The highest BCUT2D eigenvalue weighted by molar-refractivity contribution is 7.19. The molecule has 190 valence electrons. The lowest BCUT2D eigenvalue weighted by Gasteiger charge is -2.27. The van der Waals surface area contributed by atoms with Gasteiger partial charge in [-0.25, -0.2) is 14.6 Å². The Balaban J connectivity index is 1.94. The molecule has 3 aromatic heterocycles. The Morgan fingerprint density at radius 2 is 1.86 bits per heavy atom. The summed E-state index contributed by atoms with van der Waals surface area (Å²) < 4.78 is 17.3.